The lowest BCUT2D eigenvalue weighted by Gasteiger charge is -2.07. The number of nitrogens with one attached hydrogen (secondary N) is 1. The summed E-state index contributed by atoms with van der Waals surface area (Å²) < 4.78 is 0. The third-order valence-electron chi connectivity index (χ3n) is 2.97. The topological polar surface area (TPSA) is 24.9 Å². The minimum Gasteiger partial charge on any atom is -0.313 e. The van der Waals surface area contributed by atoms with E-state index in [-0.39, 0.29) is 0 Å². The highest BCUT2D eigenvalue weighted by molar-refractivity contribution is 5.79. The van der Waals surface area contributed by atoms with Crippen LogP contribution in [0.5, 0.6) is 0 Å². The Balaban J connectivity index is 2.07. The van der Waals surface area contributed by atoms with E-state index in [2.05, 4.69) is 61.4 Å². The van der Waals surface area contributed by atoms with E-state index in [1.807, 2.05) is 12.1 Å². The largest absolute Gasteiger partial charge is 0.313 e. The van der Waals surface area contributed by atoms with Crippen molar-refractivity contribution in [3.05, 3.63) is 47.7 Å². The fraction of sp³-hybridized carbons (Fsp3) is 0.353. The molecule has 2 heteroatoms. The first-order valence-electron chi connectivity index (χ1n) is 6.89. The normalized spacial score (nSPS) is 12.3. The summed E-state index contributed by atoms with van der Waals surface area (Å²) in [5, 5.41) is 4.64. The summed E-state index contributed by atoms with van der Waals surface area (Å²) >= 11 is 0. The van der Waals surface area contributed by atoms with Gasteiger partial charge < -0.3 is 5.32 Å². The summed E-state index contributed by atoms with van der Waals surface area (Å²) in [4.78, 5) is 4.65. The van der Waals surface area contributed by atoms with E-state index in [0.29, 0.717) is 5.92 Å². The van der Waals surface area contributed by atoms with E-state index in [9.17, 15) is 0 Å². The average Bonchev–Trinajstić information content (AvgIpc) is 2.38. The van der Waals surface area contributed by atoms with E-state index in [1.165, 1.54) is 11.0 Å². The molecule has 0 amide bonds. The summed E-state index contributed by atoms with van der Waals surface area (Å²) in [7, 11) is 0. The van der Waals surface area contributed by atoms with Gasteiger partial charge in [-0.3, -0.25) is 0 Å². The Hall–Kier alpha value is -1.67. The molecule has 19 heavy (non-hydrogen) atoms. The number of rotatable bonds is 5. The zero-order valence-electron chi connectivity index (χ0n) is 12.0. The number of para-hydroxylation sites is 1. The predicted molar refractivity (Wildman–Crippen MR) is 83.1 cm³/mol. The average molecular weight is 254 g/mol. The van der Waals surface area contributed by atoms with Crippen molar-refractivity contribution in [3.8, 4) is 0 Å². The van der Waals surface area contributed by atoms with Gasteiger partial charge in [0.25, 0.3) is 0 Å². The Morgan fingerprint density at radius 1 is 1.21 bits per heavy atom. The molecule has 0 fully saturated rings. The van der Waals surface area contributed by atoms with Crippen LogP contribution in [0.1, 0.15) is 26.5 Å². The lowest BCUT2D eigenvalue weighted by atomic mass is 10.1. The van der Waals surface area contributed by atoms with Gasteiger partial charge in [0.15, 0.2) is 0 Å². The van der Waals surface area contributed by atoms with Crippen LogP contribution >= 0.6 is 0 Å². The first-order chi connectivity index (χ1) is 9.15. The molecule has 2 aromatic rings. The first-order valence-corrected chi connectivity index (χ1v) is 6.89. The number of hydrogen-bond donors (Lipinski definition) is 1. The number of aromatic nitrogens is 1. The van der Waals surface area contributed by atoms with Gasteiger partial charge in [-0.15, -0.1) is 0 Å². The fourth-order valence-corrected chi connectivity index (χ4v) is 2.02. The molecular weight excluding hydrogens is 232 g/mol. The molecule has 1 aromatic carbocycles. The van der Waals surface area contributed by atoms with Crippen LogP contribution in [-0.4, -0.2) is 18.1 Å². The highest BCUT2D eigenvalue weighted by Crippen LogP contribution is 2.13. The number of benzene rings is 1. The van der Waals surface area contributed by atoms with Crippen LogP contribution in [0, 0.1) is 5.92 Å². The quantitative estimate of drug-likeness (QED) is 0.875. The van der Waals surface area contributed by atoms with Crippen LogP contribution in [0.25, 0.3) is 17.0 Å². The monoisotopic (exact) mass is 254 g/mol. The standard InChI is InChI=1S/C17H22N2/c1-13(2)11-18-12-14(3)10-16-9-8-15-6-4-5-7-17(15)19-16/h4-10,13,18H,11-12H2,1-3H3. The molecule has 1 aromatic heterocycles. The van der Waals surface area contributed by atoms with Crippen molar-refractivity contribution in [1.29, 1.82) is 0 Å². The van der Waals surface area contributed by atoms with E-state index in [4.69, 9.17) is 0 Å². The van der Waals surface area contributed by atoms with Gasteiger partial charge in [-0.25, -0.2) is 4.98 Å². The van der Waals surface area contributed by atoms with Crippen molar-refractivity contribution in [2.24, 2.45) is 5.92 Å². The van der Waals surface area contributed by atoms with Gasteiger partial charge in [0.2, 0.25) is 0 Å². The van der Waals surface area contributed by atoms with E-state index in [1.54, 1.807) is 0 Å². The molecular formula is C17H22N2. The van der Waals surface area contributed by atoms with Crippen LogP contribution in [0.4, 0.5) is 0 Å². The molecule has 2 rings (SSSR count). The first kappa shape index (κ1) is 13.8. The number of nitrogens with zero attached hydrogens (tertiary/aromatic N) is 1. The van der Waals surface area contributed by atoms with Crippen LogP contribution in [0.3, 0.4) is 0 Å². The maximum absolute atomic E-state index is 4.65. The maximum atomic E-state index is 4.65. The Kier molecular flexibility index (Phi) is 4.69. The third kappa shape index (κ3) is 4.18. The van der Waals surface area contributed by atoms with Gasteiger partial charge in [-0.1, -0.05) is 43.7 Å². The van der Waals surface area contributed by atoms with Crippen LogP contribution < -0.4 is 5.32 Å². The molecule has 0 bridgehead atoms. The minimum absolute atomic E-state index is 0.687. The summed E-state index contributed by atoms with van der Waals surface area (Å²) in [5.41, 5.74) is 3.39. The summed E-state index contributed by atoms with van der Waals surface area (Å²) in [6, 6.07) is 12.4. The lowest BCUT2D eigenvalue weighted by molar-refractivity contribution is 0.572. The molecule has 2 nitrogen and oxygen atoms in total. The molecule has 100 valence electrons. The molecule has 0 radical (unpaired) electrons. The molecule has 0 aliphatic rings. The van der Waals surface area contributed by atoms with Crippen molar-refractivity contribution in [2.45, 2.75) is 20.8 Å². The molecule has 1 heterocycles. The number of pyridine rings is 1. The maximum Gasteiger partial charge on any atom is 0.0709 e. The molecule has 0 aliphatic carbocycles. The summed E-state index contributed by atoms with van der Waals surface area (Å²) in [5.74, 6) is 0.687. The van der Waals surface area contributed by atoms with Gasteiger partial charge in [0.1, 0.15) is 0 Å². The van der Waals surface area contributed by atoms with Crippen molar-refractivity contribution in [1.82, 2.24) is 10.3 Å². The van der Waals surface area contributed by atoms with Gasteiger partial charge in [-0.2, -0.15) is 0 Å². The lowest BCUT2D eigenvalue weighted by Crippen LogP contribution is -2.21. The Morgan fingerprint density at radius 2 is 2.00 bits per heavy atom. The molecule has 0 saturated heterocycles. The van der Waals surface area contributed by atoms with Crippen LogP contribution in [0.15, 0.2) is 42.0 Å². The van der Waals surface area contributed by atoms with Gasteiger partial charge in [0, 0.05) is 11.9 Å². The zero-order chi connectivity index (χ0) is 13.7. The Morgan fingerprint density at radius 3 is 2.79 bits per heavy atom. The highest BCUT2D eigenvalue weighted by atomic mass is 14.9. The van der Waals surface area contributed by atoms with Crippen LogP contribution in [0.2, 0.25) is 0 Å². The molecule has 0 atom stereocenters. The summed E-state index contributed by atoms with van der Waals surface area (Å²) in [6.07, 6.45) is 2.15. The van der Waals surface area contributed by atoms with Crippen LogP contribution in [-0.2, 0) is 0 Å². The summed E-state index contributed by atoms with van der Waals surface area (Å²) in [6.45, 7) is 8.56. The Bertz CT molecular complexity index is 570. The smallest absolute Gasteiger partial charge is 0.0709 e. The molecule has 0 aliphatic heterocycles. The number of fused-ring (bicyclic) bond motifs is 1. The molecule has 0 unspecified atom stereocenters. The molecule has 1 N–H and O–H groups in total. The van der Waals surface area contributed by atoms with Crippen molar-refractivity contribution >= 4 is 17.0 Å². The van der Waals surface area contributed by atoms with E-state index < -0.39 is 0 Å². The highest BCUT2D eigenvalue weighted by Gasteiger charge is 1.97. The SMILES string of the molecule is CC(=Cc1ccc2ccccc2n1)CNCC(C)C. The second kappa shape index (κ2) is 6.48. The third-order valence-corrected chi connectivity index (χ3v) is 2.97. The second-order valence-electron chi connectivity index (χ2n) is 5.44. The fourth-order valence-electron chi connectivity index (χ4n) is 2.02. The van der Waals surface area contributed by atoms with Crippen molar-refractivity contribution in [2.75, 3.05) is 13.1 Å². The predicted octanol–water partition coefficient (Wildman–Crippen LogP) is 3.88. The second-order valence-corrected chi connectivity index (χ2v) is 5.44. The Labute approximate surface area is 115 Å². The molecule has 0 spiro atoms. The van der Waals surface area contributed by atoms with Gasteiger partial charge >= 0.3 is 0 Å². The minimum atomic E-state index is 0.687. The zero-order valence-corrected chi connectivity index (χ0v) is 12.0. The van der Waals surface area contributed by atoms with E-state index >= 15 is 0 Å². The van der Waals surface area contributed by atoms with Crippen molar-refractivity contribution in [3.63, 3.8) is 0 Å². The van der Waals surface area contributed by atoms with Gasteiger partial charge in [0.05, 0.1) is 11.2 Å². The number of hydrogen-bond acceptors (Lipinski definition) is 2. The van der Waals surface area contributed by atoms with E-state index in [0.717, 1.165) is 24.3 Å². The van der Waals surface area contributed by atoms with Crippen molar-refractivity contribution < 1.29 is 0 Å². The molecule has 0 saturated carbocycles. The van der Waals surface area contributed by atoms with Gasteiger partial charge in [-0.05, 0) is 37.6 Å².